The summed E-state index contributed by atoms with van der Waals surface area (Å²) < 4.78 is 27.4. The summed E-state index contributed by atoms with van der Waals surface area (Å²) in [6, 6.07) is 14.3. The van der Waals surface area contributed by atoms with Crippen molar-refractivity contribution < 1.29 is 28.3 Å². The molecule has 0 radical (unpaired) electrons. The quantitative estimate of drug-likeness (QED) is 0.338. The van der Waals surface area contributed by atoms with Crippen molar-refractivity contribution in [3.05, 3.63) is 106 Å². The van der Waals surface area contributed by atoms with Crippen molar-refractivity contribution in [2.45, 2.75) is 52.3 Å². The monoisotopic (exact) mass is 563 g/mol. The Labute approximate surface area is 238 Å². The second kappa shape index (κ2) is 12.7. The van der Waals surface area contributed by atoms with Crippen LogP contribution in [0, 0.1) is 17.6 Å². The number of nitrogens with two attached hydrogens (primary N) is 1. The first-order valence-electron chi connectivity index (χ1n) is 13.7. The van der Waals surface area contributed by atoms with Crippen LogP contribution in [0.5, 0.6) is 0 Å². The van der Waals surface area contributed by atoms with Crippen LogP contribution in [0.3, 0.4) is 0 Å². The number of benzene rings is 3. The van der Waals surface area contributed by atoms with Crippen LogP contribution in [0.25, 0.3) is 0 Å². The number of aryl methyl sites for hydroxylation is 1. The number of halogens is 2. The second-order valence-corrected chi connectivity index (χ2v) is 10.9. The number of aliphatic hydroxyl groups is 1. The molecule has 3 aromatic carbocycles. The number of hydrogen-bond donors (Lipinski definition) is 2. The third-order valence-electron chi connectivity index (χ3n) is 7.12. The van der Waals surface area contributed by atoms with Gasteiger partial charge in [0.2, 0.25) is 0 Å². The van der Waals surface area contributed by atoms with Crippen molar-refractivity contribution in [2.24, 2.45) is 11.7 Å². The van der Waals surface area contributed by atoms with Gasteiger partial charge >= 0.3 is 0 Å². The van der Waals surface area contributed by atoms with Crippen molar-refractivity contribution in [3.63, 3.8) is 0 Å². The van der Waals surface area contributed by atoms with Gasteiger partial charge in [-0.25, -0.2) is 8.78 Å². The molecule has 0 unspecified atom stereocenters. The zero-order valence-electron chi connectivity index (χ0n) is 23.4. The van der Waals surface area contributed by atoms with Gasteiger partial charge in [-0.3, -0.25) is 19.3 Å². The van der Waals surface area contributed by atoms with Gasteiger partial charge in [0, 0.05) is 37.3 Å². The first kappa shape index (κ1) is 30.0. The lowest BCUT2D eigenvalue weighted by Crippen LogP contribution is -2.46. The van der Waals surface area contributed by atoms with Crippen molar-refractivity contribution >= 4 is 17.7 Å². The average molecular weight is 564 g/mol. The van der Waals surface area contributed by atoms with Gasteiger partial charge in [-0.1, -0.05) is 45.0 Å². The summed E-state index contributed by atoms with van der Waals surface area (Å²) >= 11 is 0. The lowest BCUT2D eigenvalue weighted by Gasteiger charge is -2.28. The number of carbonyl (C=O) groups excluding carboxylic acids is 3. The highest BCUT2D eigenvalue weighted by Gasteiger charge is 2.36. The summed E-state index contributed by atoms with van der Waals surface area (Å²) in [5, 5.41) is 11.0. The predicted octanol–water partition coefficient (Wildman–Crippen LogP) is 4.35. The Hall–Kier alpha value is -3.95. The molecule has 0 saturated heterocycles. The van der Waals surface area contributed by atoms with E-state index in [-0.39, 0.29) is 60.1 Å². The molecule has 3 aromatic rings. The van der Waals surface area contributed by atoms with Crippen LogP contribution in [0.1, 0.15) is 68.5 Å². The van der Waals surface area contributed by atoms with Crippen molar-refractivity contribution in [3.8, 4) is 0 Å². The zero-order valence-corrected chi connectivity index (χ0v) is 23.4. The van der Waals surface area contributed by atoms with Gasteiger partial charge in [-0.2, -0.15) is 0 Å². The number of carbonyl (C=O) groups is 3. The number of hydrogen-bond acceptors (Lipinski definition) is 5. The second-order valence-electron chi connectivity index (χ2n) is 10.9. The molecule has 3 N–H and O–H groups in total. The van der Waals surface area contributed by atoms with Crippen molar-refractivity contribution in [2.75, 3.05) is 13.1 Å². The van der Waals surface area contributed by atoms with Gasteiger partial charge in [-0.05, 0) is 65.8 Å². The molecular weight excluding hydrogens is 528 g/mol. The first-order chi connectivity index (χ1) is 19.5. The summed E-state index contributed by atoms with van der Waals surface area (Å²) in [7, 11) is 0. The summed E-state index contributed by atoms with van der Waals surface area (Å²) in [5.41, 5.74) is 9.02. The SMILES string of the molecule is CCc1cccc(CN(C[C@@H](O)[C@@H](N)Cc2cc(F)cc(F)c2)C(=O)c2ccc3c(c2)C(=O)N(CC(C)C)C3=O)c1. The highest BCUT2D eigenvalue weighted by molar-refractivity contribution is 6.22. The highest BCUT2D eigenvalue weighted by atomic mass is 19.1. The van der Waals surface area contributed by atoms with E-state index in [1.165, 1.54) is 28.0 Å². The van der Waals surface area contributed by atoms with Crippen LogP contribution in [0.2, 0.25) is 0 Å². The number of fused-ring (bicyclic) bond motifs is 1. The molecule has 216 valence electrons. The number of aliphatic hydroxyl groups excluding tert-OH is 1. The third-order valence-corrected chi connectivity index (χ3v) is 7.12. The molecule has 0 bridgehead atoms. The predicted molar refractivity (Wildman–Crippen MR) is 151 cm³/mol. The fourth-order valence-electron chi connectivity index (χ4n) is 5.02. The van der Waals surface area contributed by atoms with Gasteiger partial charge in [0.25, 0.3) is 17.7 Å². The van der Waals surface area contributed by atoms with Crippen LogP contribution in [0.15, 0.2) is 60.7 Å². The Morgan fingerprint density at radius 2 is 1.59 bits per heavy atom. The molecule has 1 aliphatic heterocycles. The summed E-state index contributed by atoms with van der Waals surface area (Å²) in [4.78, 5) is 42.2. The molecule has 0 fully saturated rings. The van der Waals surface area contributed by atoms with Crippen LogP contribution < -0.4 is 5.73 Å². The van der Waals surface area contributed by atoms with Crippen molar-refractivity contribution in [1.82, 2.24) is 9.80 Å². The molecule has 7 nitrogen and oxygen atoms in total. The van der Waals surface area contributed by atoms with E-state index in [4.69, 9.17) is 5.73 Å². The molecule has 0 spiro atoms. The number of imide groups is 1. The molecule has 2 atom stereocenters. The summed E-state index contributed by atoms with van der Waals surface area (Å²) in [6.07, 6.45) is -0.434. The van der Waals surface area contributed by atoms with E-state index >= 15 is 0 Å². The summed E-state index contributed by atoms with van der Waals surface area (Å²) in [5.74, 6) is -2.69. The third kappa shape index (κ3) is 7.04. The lowest BCUT2D eigenvalue weighted by molar-refractivity contribution is 0.0554. The Bertz CT molecular complexity index is 1440. The van der Waals surface area contributed by atoms with E-state index in [9.17, 15) is 28.3 Å². The normalized spacial score (nSPS) is 14.4. The minimum absolute atomic E-state index is 0.00958. The van der Waals surface area contributed by atoms with Crippen LogP contribution in [0.4, 0.5) is 8.78 Å². The van der Waals surface area contributed by atoms with E-state index < -0.39 is 35.6 Å². The van der Waals surface area contributed by atoms with Crippen LogP contribution in [-0.2, 0) is 19.4 Å². The van der Waals surface area contributed by atoms with Crippen molar-refractivity contribution in [1.29, 1.82) is 0 Å². The molecule has 0 aromatic heterocycles. The fraction of sp³-hybridized carbons (Fsp3) is 0.344. The Morgan fingerprint density at radius 3 is 2.24 bits per heavy atom. The topological polar surface area (TPSA) is 104 Å². The van der Waals surface area contributed by atoms with Gasteiger partial charge in [-0.15, -0.1) is 0 Å². The largest absolute Gasteiger partial charge is 0.390 e. The van der Waals surface area contributed by atoms with Crippen LogP contribution >= 0.6 is 0 Å². The molecule has 41 heavy (non-hydrogen) atoms. The molecule has 3 amide bonds. The minimum atomic E-state index is -1.22. The van der Waals surface area contributed by atoms with Gasteiger partial charge < -0.3 is 15.7 Å². The summed E-state index contributed by atoms with van der Waals surface area (Å²) in [6.45, 7) is 6.09. The maximum absolute atomic E-state index is 13.8. The number of nitrogens with zero attached hydrogens (tertiary/aromatic N) is 2. The molecule has 1 heterocycles. The lowest BCUT2D eigenvalue weighted by atomic mass is 10.00. The van der Waals surface area contributed by atoms with E-state index in [1.54, 1.807) is 0 Å². The molecular formula is C32H35F2N3O4. The standard InChI is InChI=1S/C32H35F2N3O4/c1-4-20-6-5-7-21(10-20)17-36(18-29(38)28(35)13-22-11-24(33)15-25(34)12-22)30(39)23-8-9-26-27(14-23)32(41)37(31(26)40)16-19(2)3/h5-12,14-15,19,28-29,38H,4,13,16-18,35H2,1-3H3/t28-,29+/m0/s1. The molecule has 0 saturated carbocycles. The van der Waals surface area contributed by atoms with E-state index in [0.717, 1.165) is 35.7 Å². The highest BCUT2D eigenvalue weighted by Crippen LogP contribution is 2.26. The van der Waals surface area contributed by atoms with Crippen LogP contribution in [-0.4, -0.2) is 57.9 Å². The van der Waals surface area contributed by atoms with E-state index in [2.05, 4.69) is 0 Å². The first-order valence-corrected chi connectivity index (χ1v) is 13.7. The average Bonchev–Trinajstić information content (AvgIpc) is 3.15. The maximum atomic E-state index is 13.8. The molecule has 1 aliphatic rings. The van der Waals surface area contributed by atoms with Gasteiger partial charge in [0.05, 0.1) is 17.2 Å². The fourth-order valence-corrected chi connectivity index (χ4v) is 5.02. The van der Waals surface area contributed by atoms with E-state index in [0.29, 0.717) is 0 Å². The zero-order chi connectivity index (χ0) is 29.8. The van der Waals surface area contributed by atoms with E-state index in [1.807, 2.05) is 45.0 Å². The minimum Gasteiger partial charge on any atom is -0.390 e. The smallest absolute Gasteiger partial charge is 0.261 e. The molecule has 0 aliphatic carbocycles. The molecule has 4 rings (SSSR count). The Morgan fingerprint density at radius 1 is 0.927 bits per heavy atom. The maximum Gasteiger partial charge on any atom is 0.261 e. The molecule has 9 heteroatoms. The van der Waals surface area contributed by atoms with Gasteiger partial charge in [0.1, 0.15) is 11.6 Å². The van der Waals surface area contributed by atoms with Gasteiger partial charge in [0.15, 0.2) is 0 Å². The Balaban J connectivity index is 1.60. The Kier molecular flexibility index (Phi) is 9.30. The number of rotatable bonds is 11. The number of amides is 3.